The maximum Gasteiger partial charge on any atom is 0.319 e. The van der Waals surface area contributed by atoms with Gasteiger partial charge in [0.25, 0.3) is 5.91 Å². The fourth-order valence-electron chi connectivity index (χ4n) is 3.71. The fourth-order valence-corrected chi connectivity index (χ4v) is 5.42. The van der Waals surface area contributed by atoms with E-state index in [1.54, 1.807) is 48.5 Å². The molecule has 1 fully saturated rings. The molecule has 0 atom stereocenters. The maximum absolute atomic E-state index is 13.1. The molecule has 3 N–H and O–H groups in total. The Morgan fingerprint density at radius 1 is 0.853 bits per heavy atom. The molecule has 2 aromatic carbocycles. The average molecular weight is 483 g/mol. The van der Waals surface area contributed by atoms with Crippen molar-refractivity contribution in [2.24, 2.45) is 0 Å². The van der Waals surface area contributed by atoms with Gasteiger partial charge in [0, 0.05) is 24.5 Å². The average Bonchev–Trinajstić information content (AvgIpc) is 3.38. The van der Waals surface area contributed by atoms with E-state index in [1.807, 2.05) is 0 Å². The number of carbonyl (C=O) groups is 2. The predicted octanol–water partition coefficient (Wildman–Crippen LogP) is 4.03. The van der Waals surface area contributed by atoms with Crippen molar-refractivity contribution < 1.29 is 22.4 Å². The minimum Gasteiger partial charge on any atom is -0.467 e. The number of hydrogen-bond donors (Lipinski definition) is 3. The van der Waals surface area contributed by atoms with E-state index in [1.165, 1.54) is 22.7 Å². The van der Waals surface area contributed by atoms with Crippen LogP contribution in [0.15, 0.2) is 76.2 Å². The summed E-state index contributed by atoms with van der Waals surface area (Å²) in [5.74, 6) is 0.115. The number of nitrogens with zero attached hydrogens (tertiary/aromatic N) is 1. The molecule has 3 amide bonds. The number of rotatable bonds is 7. The Bertz CT molecular complexity index is 1230. The lowest BCUT2D eigenvalue weighted by Crippen LogP contribution is -2.36. The zero-order chi connectivity index (χ0) is 24.0. The van der Waals surface area contributed by atoms with Crippen LogP contribution in [0.2, 0.25) is 0 Å². The van der Waals surface area contributed by atoms with Gasteiger partial charge in [0.05, 0.1) is 23.3 Å². The molecule has 10 heteroatoms. The monoisotopic (exact) mass is 482 g/mol. The number of amides is 3. The minimum atomic E-state index is -3.76. The molecular weight excluding hydrogens is 456 g/mol. The van der Waals surface area contributed by atoms with Crippen LogP contribution >= 0.6 is 0 Å². The van der Waals surface area contributed by atoms with Gasteiger partial charge in [-0.2, -0.15) is 4.31 Å². The number of benzene rings is 2. The van der Waals surface area contributed by atoms with Crippen molar-refractivity contribution in [2.75, 3.05) is 23.7 Å². The topological polar surface area (TPSA) is 121 Å². The normalized spacial score (nSPS) is 14.4. The van der Waals surface area contributed by atoms with Crippen molar-refractivity contribution in [2.45, 2.75) is 30.7 Å². The van der Waals surface area contributed by atoms with Crippen LogP contribution in [0.25, 0.3) is 0 Å². The van der Waals surface area contributed by atoms with Gasteiger partial charge in [-0.1, -0.05) is 18.6 Å². The van der Waals surface area contributed by atoms with E-state index in [9.17, 15) is 18.0 Å². The highest BCUT2D eigenvalue weighted by Crippen LogP contribution is 2.24. The van der Waals surface area contributed by atoms with Crippen LogP contribution < -0.4 is 16.0 Å². The Labute approximate surface area is 198 Å². The van der Waals surface area contributed by atoms with Crippen LogP contribution in [0.5, 0.6) is 0 Å². The Morgan fingerprint density at radius 2 is 1.53 bits per heavy atom. The molecule has 1 aromatic heterocycles. The van der Waals surface area contributed by atoms with Gasteiger partial charge in [-0.25, -0.2) is 13.2 Å². The molecular formula is C24H26N4O5S. The summed E-state index contributed by atoms with van der Waals surface area (Å²) in [5, 5.41) is 8.10. The summed E-state index contributed by atoms with van der Waals surface area (Å²) < 4.78 is 32.9. The molecule has 9 nitrogen and oxygen atoms in total. The van der Waals surface area contributed by atoms with Crippen molar-refractivity contribution in [3.63, 3.8) is 0 Å². The van der Waals surface area contributed by atoms with Gasteiger partial charge in [0.1, 0.15) is 5.76 Å². The van der Waals surface area contributed by atoms with E-state index in [4.69, 9.17) is 4.42 Å². The number of urea groups is 1. The van der Waals surface area contributed by atoms with Gasteiger partial charge in [0.2, 0.25) is 10.0 Å². The van der Waals surface area contributed by atoms with E-state index in [0.29, 0.717) is 30.2 Å². The largest absolute Gasteiger partial charge is 0.467 e. The minimum absolute atomic E-state index is 0.000847. The number of nitrogens with one attached hydrogen (secondary N) is 3. The Hall–Kier alpha value is -3.63. The van der Waals surface area contributed by atoms with Crippen LogP contribution in [0.3, 0.4) is 0 Å². The summed E-state index contributed by atoms with van der Waals surface area (Å²) in [6.07, 6.45) is 4.16. The summed E-state index contributed by atoms with van der Waals surface area (Å²) in [6.45, 7) is 1.18. The molecule has 3 aromatic rings. The molecule has 1 saturated heterocycles. The highest BCUT2D eigenvalue weighted by atomic mass is 32.2. The lowest BCUT2D eigenvalue weighted by atomic mass is 10.2. The molecule has 178 valence electrons. The first-order valence-electron chi connectivity index (χ1n) is 11.0. The quantitative estimate of drug-likeness (QED) is 0.470. The second kappa shape index (κ2) is 10.5. The molecule has 0 unspecified atom stereocenters. The Morgan fingerprint density at radius 3 is 2.21 bits per heavy atom. The number of carbonyl (C=O) groups excluding carboxylic acids is 2. The maximum atomic E-state index is 13.1. The first-order valence-corrected chi connectivity index (χ1v) is 12.5. The summed E-state index contributed by atoms with van der Waals surface area (Å²) >= 11 is 0. The van der Waals surface area contributed by atoms with Crippen molar-refractivity contribution in [3.05, 3.63) is 78.3 Å². The van der Waals surface area contributed by atoms with E-state index in [0.717, 1.165) is 19.3 Å². The number of anilines is 2. The summed E-state index contributed by atoms with van der Waals surface area (Å²) in [5.41, 5.74) is 1.09. The first kappa shape index (κ1) is 23.5. The van der Waals surface area contributed by atoms with Crippen LogP contribution in [0.1, 0.15) is 35.4 Å². The molecule has 2 heterocycles. The summed E-state index contributed by atoms with van der Waals surface area (Å²) in [7, 11) is -3.76. The Kier molecular flexibility index (Phi) is 7.29. The molecule has 0 radical (unpaired) electrons. The number of sulfonamides is 1. The summed E-state index contributed by atoms with van der Waals surface area (Å²) in [4.78, 5) is 25.0. The zero-order valence-electron chi connectivity index (χ0n) is 18.5. The summed E-state index contributed by atoms with van der Waals surface area (Å²) in [6, 6.07) is 15.9. The van der Waals surface area contributed by atoms with Gasteiger partial charge in [-0.15, -0.1) is 0 Å². The van der Waals surface area contributed by atoms with Gasteiger partial charge >= 0.3 is 6.03 Å². The van der Waals surface area contributed by atoms with Gasteiger partial charge < -0.3 is 20.4 Å². The zero-order valence-corrected chi connectivity index (χ0v) is 19.3. The van der Waals surface area contributed by atoms with Gasteiger partial charge in [-0.05, 0) is 61.4 Å². The molecule has 0 aliphatic carbocycles. The van der Waals surface area contributed by atoms with Gasteiger partial charge in [0.15, 0.2) is 0 Å². The molecule has 1 aliphatic heterocycles. The molecule has 1 aliphatic rings. The van der Waals surface area contributed by atoms with Crippen LogP contribution in [-0.2, 0) is 16.6 Å². The standard InChI is InChI=1S/C24H26N4O5S/c29-23(21-8-2-3-9-22(21)34(31,32)28-14-4-1-5-15-28)26-18-10-12-19(13-11-18)27-24(30)25-17-20-7-6-16-33-20/h2-3,6-13,16H,1,4-5,14-15,17H2,(H,26,29)(H2,25,27,30). The lowest BCUT2D eigenvalue weighted by molar-refractivity contribution is 0.102. The van der Waals surface area contributed by atoms with Crippen molar-refractivity contribution >= 4 is 33.3 Å². The van der Waals surface area contributed by atoms with E-state index in [-0.39, 0.29) is 17.0 Å². The van der Waals surface area contributed by atoms with Crippen molar-refractivity contribution in [3.8, 4) is 0 Å². The molecule has 0 saturated carbocycles. The Balaban J connectivity index is 1.40. The van der Waals surface area contributed by atoms with E-state index in [2.05, 4.69) is 16.0 Å². The molecule has 4 rings (SSSR count). The third-order valence-electron chi connectivity index (χ3n) is 5.47. The third kappa shape index (κ3) is 5.64. The molecule has 0 spiro atoms. The van der Waals surface area contributed by atoms with Crippen LogP contribution in [0, 0.1) is 0 Å². The highest BCUT2D eigenvalue weighted by molar-refractivity contribution is 7.89. The first-order chi connectivity index (χ1) is 16.4. The predicted molar refractivity (Wildman–Crippen MR) is 128 cm³/mol. The lowest BCUT2D eigenvalue weighted by Gasteiger charge is -2.26. The molecule has 0 bridgehead atoms. The van der Waals surface area contributed by atoms with Crippen LogP contribution in [0.4, 0.5) is 16.2 Å². The molecule has 34 heavy (non-hydrogen) atoms. The fraction of sp³-hybridized carbons (Fsp3) is 0.250. The van der Waals surface area contributed by atoms with E-state index < -0.39 is 22.0 Å². The van der Waals surface area contributed by atoms with Crippen molar-refractivity contribution in [1.82, 2.24) is 9.62 Å². The second-order valence-electron chi connectivity index (χ2n) is 7.88. The SMILES string of the molecule is O=C(NCc1ccco1)Nc1ccc(NC(=O)c2ccccc2S(=O)(=O)N2CCCCC2)cc1. The third-order valence-corrected chi connectivity index (χ3v) is 7.43. The van der Waals surface area contributed by atoms with Crippen LogP contribution in [-0.4, -0.2) is 37.8 Å². The number of furan rings is 1. The highest BCUT2D eigenvalue weighted by Gasteiger charge is 2.29. The van der Waals surface area contributed by atoms with Crippen molar-refractivity contribution in [1.29, 1.82) is 0 Å². The number of hydrogen-bond acceptors (Lipinski definition) is 5. The number of piperidine rings is 1. The second-order valence-corrected chi connectivity index (χ2v) is 9.79. The smallest absolute Gasteiger partial charge is 0.319 e. The van der Waals surface area contributed by atoms with E-state index >= 15 is 0 Å². The van der Waals surface area contributed by atoms with Gasteiger partial charge in [-0.3, -0.25) is 4.79 Å².